The van der Waals surface area contributed by atoms with Crippen molar-refractivity contribution in [3.05, 3.63) is 46.2 Å². The maximum Gasteiger partial charge on any atom is 0.355 e. The van der Waals surface area contributed by atoms with Crippen LogP contribution in [0.1, 0.15) is 53.0 Å². The van der Waals surface area contributed by atoms with E-state index in [1.807, 2.05) is 19.9 Å². The summed E-state index contributed by atoms with van der Waals surface area (Å²) in [6.45, 7) is 5.09. The van der Waals surface area contributed by atoms with Gasteiger partial charge in [-0.15, -0.1) is 11.8 Å². The molecule has 3 heterocycles. The normalized spacial score (nSPS) is 22.9. The molecule has 3 aliphatic rings. The predicted molar refractivity (Wildman–Crippen MR) is 122 cm³/mol. The fourth-order valence-electron chi connectivity index (χ4n) is 4.13. The van der Waals surface area contributed by atoms with Crippen LogP contribution in [0.5, 0.6) is 0 Å². The Morgan fingerprint density at radius 3 is 2.50 bits per heavy atom. The fraction of sp³-hybridized carbons (Fsp3) is 0.429. The molecule has 0 spiro atoms. The smallest absolute Gasteiger partial charge is 0.355 e. The van der Waals surface area contributed by atoms with Gasteiger partial charge in [-0.1, -0.05) is 60.8 Å². The van der Waals surface area contributed by atoms with Crippen molar-refractivity contribution in [2.75, 3.05) is 12.4 Å². The number of hydrogen-bond donors (Lipinski definition) is 0. The first-order valence-electron chi connectivity index (χ1n) is 9.83. The zero-order valence-corrected chi connectivity index (χ0v) is 20.4. The molecule has 4 rings (SSSR count). The lowest BCUT2D eigenvalue weighted by Crippen LogP contribution is -2.71. The Hall–Kier alpha value is -1.74. The third-order valence-corrected chi connectivity index (χ3v) is 7.31. The third-order valence-electron chi connectivity index (χ3n) is 5.57. The van der Waals surface area contributed by atoms with E-state index in [2.05, 4.69) is 0 Å². The van der Waals surface area contributed by atoms with Crippen LogP contribution in [0.25, 0.3) is 0 Å². The number of fused-ring (bicyclic) bond motifs is 2. The van der Waals surface area contributed by atoms with Gasteiger partial charge in [0.25, 0.3) is 17.7 Å². The lowest BCUT2D eigenvalue weighted by atomic mass is 9.94. The fourth-order valence-corrected chi connectivity index (χ4v) is 5.63. The monoisotopic (exact) mass is 516 g/mol. The van der Waals surface area contributed by atoms with Crippen molar-refractivity contribution in [3.8, 4) is 0 Å². The molecule has 0 aliphatic carbocycles. The summed E-state index contributed by atoms with van der Waals surface area (Å²) in [4.78, 5) is 54.4. The van der Waals surface area contributed by atoms with Gasteiger partial charge < -0.3 is 4.74 Å². The van der Waals surface area contributed by atoms with Crippen LogP contribution >= 0.6 is 46.6 Å². The van der Waals surface area contributed by atoms with Gasteiger partial charge in [0.05, 0.1) is 11.1 Å². The molecule has 1 saturated heterocycles. The first kappa shape index (κ1) is 23.4. The number of rotatable bonds is 4. The summed E-state index contributed by atoms with van der Waals surface area (Å²) in [5, 5.41) is -0.591. The maximum atomic E-state index is 13.3. The van der Waals surface area contributed by atoms with E-state index in [9.17, 15) is 19.2 Å². The van der Waals surface area contributed by atoms with E-state index in [1.165, 1.54) is 16.7 Å². The summed E-state index contributed by atoms with van der Waals surface area (Å²) >= 11 is 18.3. The molecule has 1 unspecified atom stereocenters. The second-order valence-corrected chi connectivity index (χ2v) is 11.7. The number of halogens is 3. The van der Waals surface area contributed by atoms with Crippen LogP contribution in [0.3, 0.4) is 0 Å². The topological polar surface area (TPSA) is 84.0 Å². The van der Waals surface area contributed by atoms with E-state index >= 15 is 0 Å². The summed E-state index contributed by atoms with van der Waals surface area (Å²) in [5.74, 6) is -1.86. The second kappa shape index (κ2) is 8.24. The molecule has 32 heavy (non-hydrogen) atoms. The molecular weight excluding hydrogens is 499 g/mol. The largest absolute Gasteiger partial charge is 0.456 e. The third kappa shape index (κ3) is 3.71. The van der Waals surface area contributed by atoms with E-state index in [1.54, 1.807) is 19.1 Å². The van der Waals surface area contributed by atoms with Gasteiger partial charge in [-0.05, 0) is 30.0 Å². The maximum absolute atomic E-state index is 13.3. The van der Waals surface area contributed by atoms with Crippen LogP contribution in [0.2, 0.25) is 0 Å². The second-order valence-electron chi connectivity index (χ2n) is 8.08. The first-order valence-corrected chi connectivity index (χ1v) is 12.0. The average molecular weight is 518 g/mol. The number of amides is 3. The molecule has 2 atom stereocenters. The van der Waals surface area contributed by atoms with Crippen LogP contribution in [0, 0.1) is 0 Å². The summed E-state index contributed by atoms with van der Waals surface area (Å²) in [7, 11) is 0. The Morgan fingerprint density at radius 2 is 1.88 bits per heavy atom. The Labute approximate surface area is 204 Å². The average Bonchev–Trinajstić information content (AvgIpc) is 2.96. The van der Waals surface area contributed by atoms with Crippen molar-refractivity contribution in [3.63, 3.8) is 0 Å². The van der Waals surface area contributed by atoms with Gasteiger partial charge in [0, 0.05) is 5.75 Å². The van der Waals surface area contributed by atoms with Crippen molar-refractivity contribution >= 4 is 70.3 Å². The minimum atomic E-state index is -1.79. The number of imide groups is 1. The van der Waals surface area contributed by atoms with Gasteiger partial charge in [-0.3, -0.25) is 24.2 Å². The van der Waals surface area contributed by atoms with E-state index < -0.39 is 45.5 Å². The van der Waals surface area contributed by atoms with Crippen molar-refractivity contribution in [1.82, 2.24) is 9.80 Å². The molecule has 0 radical (unpaired) electrons. The van der Waals surface area contributed by atoms with Gasteiger partial charge in [-0.25, -0.2) is 4.79 Å². The summed E-state index contributed by atoms with van der Waals surface area (Å²) in [6, 6.07) is 4.14. The molecule has 7 nitrogen and oxygen atoms in total. The van der Waals surface area contributed by atoms with Crippen LogP contribution in [-0.4, -0.2) is 61.1 Å². The molecular formula is C21H19Cl3N2O5S. The molecule has 11 heteroatoms. The summed E-state index contributed by atoms with van der Waals surface area (Å²) in [5.41, 5.74) is 2.08. The molecule has 0 N–H and O–H groups in total. The van der Waals surface area contributed by atoms with Crippen molar-refractivity contribution in [2.24, 2.45) is 0 Å². The standard InChI is InChI=1S/C21H19Cl3N2O5S/c1-9(2)11-5-4-6-12-13(11)17(28)25(16(12)27)15-18(29)26-14(10(3)7-32-19(15)26)20(30)31-8-21(22,23)24/h4-6,9,15,19H,7-8H2,1-3H3/t15?,19-/m0/s1. The van der Waals surface area contributed by atoms with Crippen LogP contribution in [-0.2, 0) is 14.3 Å². The Balaban J connectivity index is 1.61. The molecule has 1 aromatic rings. The highest BCUT2D eigenvalue weighted by Gasteiger charge is 2.60. The van der Waals surface area contributed by atoms with Gasteiger partial charge in [0.2, 0.25) is 3.79 Å². The Bertz CT molecular complexity index is 1080. The van der Waals surface area contributed by atoms with E-state index in [-0.39, 0.29) is 11.6 Å². The van der Waals surface area contributed by atoms with Crippen molar-refractivity contribution in [1.29, 1.82) is 0 Å². The Morgan fingerprint density at radius 1 is 1.19 bits per heavy atom. The Kier molecular flexibility index (Phi) is 6.03. The first-order chi connectivity index (χ1) is 14.9. The number of esters is 1. The van der Waals surface area contributed by atoms with E-state index in [0.29, 0.717) is 22.5 Å². The van der Waals surface area contributed by atoms with Gasteiger partial charge in [0.15, 0.2) is 0 Å². The quantitative estimate of drug-likeness (QED) is 0.261. The van der Waals surface area contributed by atoms with Crippen LogP contribution in [0.4, 0.5) is 0 Å². The highest BCUT2D eigenvalue weighted by atomic mass is 35.6. The van der Waals surface area contributed by atoms with Gasteiger partial charge in [-0.2, -0.15) is 0 Å². The molecule has 1 aromatic carbocycles. The molecule has 1 fully saturated rings. The van der Waals surface area contributed by atoms with Crippen LogP contribution in [0.15, 0.2) is 29.5 Å². The number of carbonyl (C=O) groups excluding carboxylic acids is 4. The van der Waals surface area contributed by atoms with E-state index in [4.69, 9.17) is 39.5 Å². The summed E-state index contributed by atoms with van der Waals surface area (Å²) in [6.07, 6.45) is 0. The number of benzene rings is 1. The van der Waals surface area contributed by atoms with E-state index in [0.717, 1.165) is 10.5 Å². The number of thioether (sulfide) groups is 1. The zero-order chi connectivity index (χ0) is 23.5. The van der Waals surface area contributed by atoms with Gasteiger partial charge in [0.1, 0.15) is 23.7 Å². The number of ether oxygens (including phenoxy) is 1. The SMILES string of the molecule is CC1=C(C(=O)OCC(Cl)(Cl)Cl)N2C(=O)C(N3C(=O)c4cccc(C(C)C)c4C3=O)[C@@H]2SC1. The zero-order valence-electron chi connectivity index (χ0n) is 17.4. The lowest BCUT2D eigenvalue weighted by molar-refractivity contribution is -0.154. The summed E-state index contributed by atoms with van der Waals surface area (Å²) < 4.78 is 3.28. The number of alkyl halides is 3. The molecule has 170 valence electrons. The minimum Gasteiger partial charge on any atom is -0.456 e. The lowest BCUT2D eigenvalue weighted by Gasteiger charge is -2.51. The highest BCUT2D eigenvalue weighted by Crippen LogP contribution is 2.45. The number of hydrogen-bond acceptors (Lipinski definition) is 6. The number of nitrogens with zero attached hydrogens (tertiary/aromatic N) is 2. The highest BCUT2D eigenvalue weighted by molar-refractivity contribution is 8.00. The van der Waals surface area contributed by atoms with Crippen LogP contribution < -0.4 is 0 Å². The van der Waals surface area contributed by atoms with Gasteiger partial charge >= 0.3 is 5.97 Å². The number of β-lactam (4-membered cyclic amide) rings is 1. The minimum absolute atomic E-state index is 0.0316. The van der Waals surface area contributed by atoms with Crippen molar-refractivity contribution < 1.29 is 23.9 Å². The molecule has 3 amide bonds. The molecule has 0 saturated carbocycles. The number of carbonyl (C=O) groups is 4. The molecule has 0 bridgehead atoms. The molecule has 0 aromatic heterocycles. The molecule has 3 aliphatic heterocycles. The van der Waals surface area contributed by atoms with Crippen molar-refractivity contribution in [2.45, 2.75) is 41.9 Å². The predicted octanol–water partition coefficient (Wildman–Crippen LogP) is 3.88.